The van der Waals surface area contributed by atoms with E-state index in [9.17, 15) is 14.4 Å². The van der Waals surface area contributed by atoms with Gasteiger partial charge in [-0.1, -0.05) is 44.2 Å². The van der Waals surface area contributed by atoms with E-state index in [1.54, 1.807) is 20.8 Å². The molecule has 0 heterocycles. The van der Waals surface area contributed by atoms with Crippen molar-refractivity contribution in [3.8, 4) is 0 Å². The zero-order valence-electron chi connectivity index (χ0n) is 22.9. The Balaban J connectivity index is 3.18. The summed E-state index contributed by atoms with van der Waals surface area (Å²) in [5.41, 5.74) is -2.12. The molecule has 0 amide bonds. The Labute approximate surface area is 211 Å². The molecule has 0 N–H and O–H groups in total. The third kappa shape index (κ3) is 9.63. The highest BCUT2D eigenvalue weighted by Crippen LogP contribution is 2.46. The van der Waals surface area contributed by atoms with E-state index in [1.165, 1.54) is 0 Å². The topological polar surface area (TPSA) is 82.1 Å². The summed E-state index contributed by atoms with van der Waals surface area (Å²) in [6.07, 6.45) is 1.57. The fraction of sp³-hybridized carbons (Fsp3) is 0.679. The van der Waals surface area contributed by atoms with Gasteiger partial charge in [0.05, 0.1) is 22.9 Å². The first kappa shape index (κ1) is 30.6. The maximum atomic E-state index is 13.5. The molecule has 0 saturated heterocycles. The predicted octanol–water partition coefficient (Wildman–Crippen LogP) is 5.02. The molecule has 0 aliphatic carbocycles. The number of hydrogen-bond donors (Lipinski definition) is 0. The van der Waals surface area contributed by atoms with Crippen LogP contribution in [0.4, 0.5) is 0 Å². The Kier molecular flexibility index (Phi) is 11.9. The second-order valence-electron chi connectivity index (χ2n) is 10.8. The number of carbonyl (C=O) groups excluding carboxylic acids is 3. The van der Waals surface area contributed by atoms with Crippen molar-refractivity contribution < 1.29 is 28.6 Å². The number of likely N-dealkylation sites (N-methyl/N-ethyl adjacent to an activating group) is 1. The van der Waals surface area contributed by atoms with E-state index < -0.39 is 22.2 Å². The first-order chi connectivity index (χ1) is 16.3. The number of hydrogen-bond acceptors (Lipinski definition) is 7. The van der Waals surface area contributed by atoms with E-state index in [0.717, 1.165) is 5.56 Å². The zero-order chi connectivity index (χ0) is 26.7. The Morgan fingerprint density at radius 3 is 1.89 bits per heavy atom. The number of esters is 3. The lowest BCUT2D eigenvalue weighted by atomic mass is 9.65. The van der Waals surface area contributed by atoms with Crippen molar-refractivity contribution in [1.82, 2.24) is 4.90 Å². The van der Waals surface area contributed by atoms with Crippen LogP contribution < -0.4 is 0 Å². The van der Waals surface area contributed by atoms with Gasteiger partial charge in [0.1, 0.15) is 13.2 Å². The van der Waals surface area contributed by atoms with Crippen LogP contribution in [0.5, 0.6) is 0 Å². The summed E-state index contributed by atoms with van der Waals surface area (Å²) in [6, 6.07) is 9.43. The molecule has 2 unspecified atom stereocenters. The molecule has 7 heteroatoms. The molecular formula is C28H45NO6. The van der Waals surface area contributed by atoms with Gasteiger partial charge in [0, 0.05) is 6.54 Å². The fourth-order valence-corrected chi connectivity index (χ4v) is 4.24. The SMILES string of the molecule is CCCOC(=O)C(C)(CC)CC(C)(CC(C)(C)C(=O)OCCN(C)C)C(=O)OCc1ccccc1. The highest BCUT2D eigenvalue weighted by molar-refractivity contribution is 5.82. The summed E-state index contributed by atoms with van der Waals surface area (Å²) in [6.45, 7) is 12.3. The average Bonchev–Trinajstić information content (AvgIpc) is 2.80. The van der Waals surface area contributed by atoms with Crippen molar-refractivity contribution in [2.75, 3.05) is 33.9 Å². The maximum absolute atomic E-state index is 13.5. The molecule has 0 fully saturated rings. The van der Waals surface area contributed by atoms with E-state index >= 15 is 0 Å². The number of ether oxygens (including phenoxy) is 3. The van der Waals surface area contributed by atoms with Crippen molar-refractivity contribution in [3.63, 3.8) is 0 Å². The highest BCUT2D eigenvalue weighted by atomic mass is 16.5. The Hall–Kier alpha value is -2.41. The van der Waals surface area contributed by atoms with E-state index in [4.69, 9.17) is 14.2 Å². The molecule has 2 atom stereocenters. The molecule has 1 aromatic carbocycles. The first-order valence-electron chi connectivity index (χ1n) is 12.5. The van der Waals surface area contributed by atoms with Gasteiger partial charge in [-0.3, -0.25) is 14.4 Å². The van der Waals surface area contributed by atoms with Crippen LogP contribution in [0.15, 0.2) is 30.3 Å². The maximum Gasteiger partial charge on any atom is 0.312 e. The van der Waals surface area contributed by atoms with Crippen molar-refractivity contribution in [1.29, 1.82) is 0 Å². The average molecular weight is 492 g/mol. The van der Waals surface area contributed by atoms with Crippen LogP contribution in [0, 0.1) is 16.2 Å². The number of carbonyl (C=O) groups is 3. The largest absolute Gasteiger partial charge is 0.465 e. The number of nitrogens with zero attached hydrogens (tertiary/aromatic N) is 1. The Morgan fingerprint density at radius 1 is 0.771 bits per heavy atom. The normalized spacial score (nSPS) is 15.1. The molecule has 0 saturated carbocycles. The lowest BCUT2D eigenvalue weighted by molar-refractivity contribution is -0.169. The molecule has 0 radical (unpaired) electrons. The fourth-order valence-electron chi connectivity index (χ4n) is 4.24. The summed E-state index contributed by atoms with van der Waals surface area (Å²) in [7, 11) is 3.81. The van der Waals surface area contributed by atoms with Crippen LogP contribution in [0.1, 0.15) is 72.8 Å². The van der Waals surface area contributed by atoms with Crippen molar-refractivity contribution >= 4 is 17.9 Å². The van der Waals surface area contributed by atoms with Gasteiger partial charge in [-0.25, -0.2) is 0 Å². The van der Waals surface area contributed by atoms with Crippen LogP contribution in [0.3, 0.4) is 0 Å². The van der Waals surface area contributed by atoms with E-state index in [1.807, 2.05) is 70.1 Å². The van der Waals surface area contributed by atoms with Crippen LogP contribution in [0.2, 0.25) is 0 Å². The van der Waals surface area contributed by atoms with Gasteiger partial charge in [0.15, 0.2) is 0 Å². The minimum Gasteiger partial charge on any atom is -0.465 e. The van der Waals surface area contributed by atoms with Crippen LogP contribution >= 0.6 is 0 Å². The summed E-state index contributed by atoms with van der Waals surface area (Å²) in [5.74, 6) is -1.16. The summed E-state index contributed by atoms with van der Waals surface area (Å²) < 4.78 is 16.7. The molecule has 35 heavy (non-hydrogen) atoms. The minimum atomic E-state index is -1.12. The third-order valence-corrected chi connectivity index (χ3v) is 6.35. The van der Waals surface area contributed by atoms with Crippen LogP contribution in [-0.4, -0.2) is 56.7 Å². The van der Waals surface area contributed by atoms with Gasteiger partial charge in [-0.2, -0.15) is 0 Å². The van der Waals surface area contributed by atoms with Crippen molar-refractivity contribution in [2.24, 2.45) is 16.2 Å². The highest BCUT2D eigenvalue weighted by Gasteiger charge is 2.49. The molecular weight excluding hydrogens is 446 g/mol. The molecule has 0 spiro atoms. The quantitative estimate of drug-likeness (QED) is 0.252. The lowest BCUT2D eigenvalue weighted by Crippen LogP contribution is -2.44. The monoisotopic (exact) mass is 491 g/mol. The molecule has 1 aromatic rings. The van der Waals surface area contributed by atoms with E-state index in [0.29, 0.717) is 26.0 Å². The molecule has 0 aromatic heterocycles. The molecule has 198 valence electrons. The van der Waals surface area contributed by atoms with E-state index in [2.05, 4.69) is 0 Å². The molecule has 1 rings (SSSR count). The van der Waals surface area contributed by atoms with Gasteiger partial charge < -0.3 is 19.1 Å². The summed E-state index contributed by atoms with van der Waals surface area (Å²) in [5, 5.41) is 0. The Bertz CT molecular complexity index is 822. The number of benzene rings is 1. The van der Waals surface area contributed by atoms with Gasteiger partial charge in [0.25, 0.3) is 0 Å². The minimum absolute atomic E-state index is 0.117. The number of rotatable bonds is 15. The standard InChI is InChI=1S/C28H45NO6/c1-9-17-33-24(31)27(5,10-2)21-28(6,25(32)35-19-22-14-12-11-13-15-22)20-26(3,4)23(30)34-18-16-29(7)8/h11-15H,9-10,16-21H2,1-8H3. The third-order valence-electron chi connectivity index (χ3n) is 6.35. The molecule has 0 aliphatic rings. The molecule has 7 nitrogen and oxygen atoms in total. The smallest absolute Gasteiger partial charge is 0.312 e. The lowest BCUT2D eigenvalue weighted by Gasteiger charge is -2.39. The Morgan fingerprint density at radius 2 is 1.34 bits per heavy atom. The summed E-state index contributed by atoms with van der Waals surface area (Å²) >= 11 is 0. The molecule has 0 aliphatic heterocycles. The zero-order valence-corrected chi connectivity index (χ0v) is 22.9. The first-order valence-corrected chi connectivity index (χ1v) is 12.5. The van der Waals surface area contributed by atoms with Crippen molar-refractivity contribution in [2.45, 2.75) is 73.8 Å². The van der Waals surface area contributed by atoms with Crippen molar-refractivity contribution in [3.05, 3.63) is 35.9 Å². The molecule has 0 bridgehead atoms. The van der Waals surface area contributed by atoms with Crippen LogP contribution in [-0.2, 0) is 35.2 Å². The van der Waals surface area contributed by atoms with Gasteiger partial charge in [-0.15, -0.1) is 0 Å². The second kappa shape index (κ2) is 13.6. The van der Waals surface area contributed by atoms with Gasteiger partial charge >= 0.3 is 17.9 Å². The van der Waals surface area contributed by atoms with E-state index in [-0.39, 0.29) is 38.0 Å². The van der Waals surface area contributed by atoms with Gasteiger partial charge in [0.2, 0.25) is 0 Å². The van der Waals surface area contributed by atoms with Crippen LogP contribution in [0.25, 0.3) is 0 Å². The second-order valence-corrected chi connectivity index (χ2v) is 10.8. The predicted molar refractivity (Wildman–Crippen MR) is 137 cm³/mol. The van der Waals surface area contributed by atoms with Gasteiger partial charge in [-0.05, 0) is 73.0 Å². The summed E-state index contributed by atoms with van der Waals surface area (Å²) in [4.78, 5) is 41.4.